The van der Waals surface area contributed by atoms with Crippen molar-refractivity contribution in [2.75, 3.05) is 6.54 Å². The van der Waals surface area contributed by atoms with Gasteiger partial charge in [-0.15, -0.1) is 11.3 Å². The first kappa shape index (κ1) is 17.8. The van der Waals surface area contributed by atoms with Crippen LogP contribution in [0.4, 0.5) is 0 Å². The molecule has 1 fully saturated rings. The summed E-state index contributed by atoms with van der Waals surface area (Å²) in [5, 5.41) is 29.2. The van der Waals surface area contributed by atoms with Crippen LogP contribution in [0.25, 0.3) is 0 Å². The van der Waals surface area contributed by atoms with E-state index in [1.54, 1.807) is 19.9 Å². The smallest absolute Gasteiger partial charge is 0.241 e. The molecule has 9 heteroatoms. The van der Waals surface area contributed by atoms with E-state index in [0.717, 1.165) is 4.88 Å². The van der Waals surface area contributed by atoms with E-state index in [2.05, 4.69) is 4.72 Å². The third-order valence-electron chi connectivity index (χ3n) is 3.71. The normalized spacial score (nSPS) is 33.1. The zero-order chi connectivity index (χ0) is 16.7. The SMILES string of the molecule is Cc1cc(S(=O)(=O)NCC2OC(C)C(O)C(O)C2O)c(C)s1. The Labute approximate surface area is 133 Å². The molecule has 1 aromatic heterocycles. The lowest BCUT2D eigenvalue weighted by Crippen LogP contribution is -2.59. The first-order valence-electron chi connectivity index (χ1n) is 6.90. The molecule has 4 N–H and O–H groups in total. The van der Waals surface area contributed by atoms with E-state index < -0.39 is 40.5 Å². The molecule has 0 bridgehead atoms. The summed E-state index contributed by atoms with van der Waals surface area (Å²) in [6, 6.07) is 1.59. The maximum Gasteiger partial charge on any atom is 0.241 e. The molecular weight excluding hydrogens is 330 g/mol. The highest BCUT2D eigenvalue weighted by Gasteiger charge is 2.42. The van der Waals surface area contributed by atoms with Gasteiger partial charge in [0.05, 0.1) is 11.0 Å². The Balaban J connectivity index is 2.07. The predicted octanol–water partition coefficient (Wildman–Crippen LogP) is -0.487. The summed E-state index contributed by atoms with van der Waals surface area (Å²) < 4.78 is 32.3. The van der Waals surface area contributed by atoms with Crippen LogP contribution >= 0.6 is 11.3 Å². The highest BCUT2D eigenvalue weighted by molar-refractivity contribution is 7.89. The van der Waals surface area contributed by atoms with Crippen LogP contribution in [0.2, 0.25) is 0 Å². The van der Waals surface area contributed by atoms with Gasteiger partial charge in [-0.1, -0.05) is 0 Å². The Hall–Kier alpha value is -0.550. The third kappa shape index (κ3) is 3.51. The van der Waals surface area contributed by atoms with E-state index in [9.17, 15) is 23.7 Å². The largest absolute Gasteiger partial charge is 0.388 e. The van der Waals surface area contributed by atoms with Crippen LogP contribution in [0.1, 0.15) is 16.7 Å². The van der Waals surface area contributed by atoms with Crippen molar-refractivity contribution >= 4 is 21.4 Å². The monoisotopic (exact) mass is 351 g/mol. The number of hydrogen-bond donors (Lipinski definition) is 4. The molecule has 2 rings (SSSR count). The number of aryl methyl sites for hydroxylation is 2. The van der Waals surface area contributed by atoms with Crippen LogP contribution in [-0.4, -0.2) is 60.8 Å². The average molecular weight is 351 g/mol. The minimum Gasteiger partial charge on any atom is -0.388 e. The van der Waals surface area contributed by atoms with Gasteiger partial charge in [0.2, 0.25) is 10.0 Å². The van der Waals surface area contributed by atoms with E-state index in [-0.39, 0.29) is 11.4 Å². The summed E-state index contributed by atoms with van der Waals surface area (Å²) in [4.78, 5) is 1.77. The number of thiophene rings is 1. The molecule has 5 unspecified atom stereocenters. The average Bonchev–Trinajstić information content (AvgIpc) is 2.79. The summed E-state index contributed by atoms with van der Waals surface area (Å²) >= 11 is 1.39. The number of sulfonamides is 1. The van der Waals surface area contributed by atoms with Crippen molar-refractivity contribution in [2.24, 2.45) is 0 Å². The highest BCUT2D eigenvalue weighted by Crippen LogP contribution is 2.25. The maximum atomic E-state index is 12.3. The van der Waals surface area contributed by atoms with Crippen molar-refractivity contribution in [1.82, 2.24) is 4.72 Å². The first-order valence-corrected chi connectivity index (χ1v) is 9.20. The quantitative estimate of drug-likeness (QED) is 0.582. The second-order valence-corrected chi connectivity index (χ2v) is 8.68. The van der Waals surface area contributed by atoms with Crippen LogP contribution in [0.5, 0.6) is 0 Å². The van der Waals surface area contributed by atoms with E-state index in [1.165, 1.54) is 11.3 Å². The predicted molar refractivity (Wildman–Crippen MR) is 81.3 cm³/mol. The van der Waals surface area contributed by atoms with Crippen molar-refractivity contribution in [1.29, 1.82) is 0 Å². The zero-order valence-electron chi connectivity index (χ0n) is 12.6. The number of rotatable bonds is 4. The van der Waals surface area contributed by atoms with Crippen LogP contribution in [-0.2, 0) is 14.8 Å². The summed E-state index contributed by atoms with van der Waals surface area (Å²) in [5.74, 6) is 0. The molecule has 1 aromatic rings. The Morgan fingerprint density at radius 2 is 1.86 bits per heavy atom. The number of ether oxygens (including phenoxy) is 1. The molecule has 0 spiro atoms. The fourth-order valence-electron chi connectivity index (χ4n) is 2.45. The van der Waals surface area contributed by atoms with E-state index in [4.69, 9.17) is 4.74 Å². The van der Waals surface area contributed by atoms with Gasteiger partial charge >= 0.3 is 0 Å². The second kappa shape index (κ2) is 6.52. The molecule has 22 heavy (non-hydrogen) atoms. The standard InChI is InChI=1S/C13H21NO6S2/c1-6-4-10(8(3)21-6)22(18,19)14-5-9-12(16)13(17)11(15)7(2)20-9/h4,7,9,11-17H,5H2,1-3H3. The lowest BCUT2D eigenvalue weighted by atomic mass is 9.96. The minimum atomic E-state index is -3.72. The Morgan fingerprint density at radius 1 is 1.23 bits per heavy atom. The van der Waals surface area contributed by atoms with Gasteiger partial charge in [-0.3, -0.25) is 0 Å². The number of hydrogen-bond acceptors (Lipinski definition) is 7. The molecule has 7 nitrogen and oxygen atoms in total. The van der Waals surface area contributed by atoms with Crippen LogP contribution in [0.3, 0.4) is 0 Å². The van der Waals surface area contributed by atoms with Gasteiger partial charge in [0, 0.05) is 16.3 Å². The van der Waals surface area contributed by atoms with Crippen molar-refractivity contribution < 1.29 is 28.5 Å². The number of nitrogens with one attached hydrogen (secondary N) is 1. The van der Waals surface area contributed by atoms with E-state index in [1.807, 2.05) is 6.92 Å². The summed E-state index contributed by atoms with van der Waals surface area (Å²) in [7, 11) is -3.72. The first-order chi connectivity index (χ1) is 10.1. The lowest BCUT2D eigenvalue weighted by molar-refractivity contribution is -0.214. The highest BCUT2D eigenvalue weighted by atomic mass is 32.2. The fourth-order valence-corrected chi connectivity index (χ4v) is 5.05. The third-order valence-corrected chi connectivity index (χ3v) is 6.36. The fraction of sp³-hybridized carbons (Fsp3) is 0.692. The van der Waals surface area contributed by atoms with Crippen LogP contribution in [0.15, 0.2) is 11.0 Å². The van der Waals surface area contributed by atoms with Crippen LogP contribution < -0.4 is 4.72 Å². The van der Waals surface area contributed by atoms with E-state index >= 15 is 0 Å². The molecule has 2 heterocycles. The summed E-state index contributed by atoms with van der Waals surface area (Å²) in [6.07, 6.45) is -5.56. The molecule has 1 aliphatic heterocycles. The van der Waals surface area contributed by atoms with Gasteiger partial charge in [0.1, 0.15) is 24.4 Å². The van der Waals surface area contributed by atoms with Gasteiger partial charge in [0.25, 0.3) is 0 Å². The molecule has 126 valence electrons. The summed E-state index contributed by atoms with van der Waals surface area (Å²) in [5.41, 5.74) is 0. The van der Waals surface area contributed by atoms with Gasteiger partial charge in [-0.2, -0.15) is 0 Å². The van der Waals surface area contributed by atoms with Crippen molar-refractivity contribution in [3.05, 3.63) is 15.8 Å². The van der Waals surface area contributed by atoms with Gasteiger partial charge < -0.3 is 20.1 Å². The molecule has 1 saturated heterocycles. The van der Waals surface area contributed by atoms with Gasteiger partial charge in [-0.05, 0) is 26.8 Å². The summed E-state index contributed by atoms with van der Waals surface area (Å²) in [6.45, 7) is 4.91. The van der Waals surface area contributed by atoms with Crippen molar-refractivity contribution in [3.8, 4) is 0 Å². The zero-order valence-corrected chi connectivity index (χ0v) is 14.2. The molecule has 1 aliphatic rings. The molecular formula is C13H21NO6S2. The molecule has 0 aromatic carbocycles. The molecule has 5 atom stereocenters. The molecule has 0 saturated carbocycles. The minimum absolute atomic E-state index is 0.189. The Bertz CT molecular complexity index is 628. The van der Waals surface area contributed by atoms with Gasteiger partial charge in [-0.25, -0.2) is 13.1 Å². The van der Waals surface area contributed by atoms with Crippen LogP contribution in [0, 0.1) is 13.8 Å². The van der Waals surface area contributed by atoms with E-state index in [0.29, 0.717) is 4.88 Å². The van der Waals surface area contributed by atoms with Gasteiger partial charge in [0.15, 0.2) is 0 Å². The topological polar surface area (TPSA) is 116 Å². The number of aliphatic hydroxyl groups excluding tert-OH is 3. The second-order valence-electron chi connectivity index (χ2n) is 5.48. The van der Waals surface area contributed by atoms with Crippen molar-refractivity contribution in [3.63, 3.8) is 0 Å². The number of aliphatic hydroxyl groups is 3. The van der Waals surface area contributed by atoms with Crippen molar-refractivity contribution in [2.45, 2.75) is 56.2 Å². The molecule has 0 aliphatic carbocycles. The molecule has 0 amide bonds. The Morgan fingerprint density at radius 3 is 2.41 bits per heavy atom. The lowest BCUT2D eigenvalue weighted by Gasteiger charge is -2.39. The Kier molecular flexibility index (Phi) is 5.27. The maximum absolute atomic E-state index is 12.3. The molecule has 0 radical (unpaired) electrons.